The first kappa shape index (κ1) is 27.3. The molecule has 4 heteroatoms. The minimum absolute atomic E-state index is 0.0333. The second-order valence-electron chi connectivity index (χ2n) is 10.5. The van der Waals surface area contributed by atoms with Crippen LogP contribution in [0.5, 0.6) is 0 Å². The predicted octanol–water partition coefficient (Wildman–Crippen LogP) is 7.06. The summed E-state index contributed by atoms with van der Waals surface area (Å²) in [5.74, 6) is 11.9. The summed E-state index contributed by atoms with van der Waals surface area (Å²) in [5.41, 5.74) is 0. The molecule has 0 amide bonds. The molecule has 1 fully saturated rings. The number of unbranched alkanes of at least 4 members (excludes halogenated alkanes) is 5. The molecule has 1 aliphatic heterocycles. The molecule has 1 saturated heterocycles. The third kappa shape index (κ3) is 9.57. The monoisotopic (exact) mass is 434 g/mol. The maximum absolute atomic E-state index is 6.41. The number of ether oxygens (including phenoxy) is 2. The molecule has 30 heavy (non-hydrogen) atoms. The van der Waals surface area contributed by atoms with Crippen LogP contribution in [0.1, 0.15) is 99.8 Å². The summed E-state index contributed by atoms with van der Waals surface area (Å²) in [5, 5.41) is 0.179. The highest BCUT2D eigenvalue weighted by atomic mass is 28.4. The molecule has 1 aliphatic rings. The van der Waals surface area contributed by atoms with Gasteiger partial charge in [0.15, 0.2) is 14.1 Å². The molecule has 0 N–H and O–H groups in total. The van der Waals surface area contributed by atoms with Crippen molar-refractivity contribution in [2.24, 2.45) is 0 Å². The summed E-state index contributed by atoms with van der Waals surface area (Å²) < 4.78 is 18.5. The van der Waals surface area contributed by atoms with E-state index in [-0.39, 0.29) is 23.4 Å². The topological polar surface area (TPSA) is 27.7 Å². The van der Waals surface area contributed by atoms with E-state index in [1.165, 1.54) is 32.1 Å². The normalized spacial score (nSPS) is 22.0. The lowest BCUT2D eigenvalue weighted by molar-refractivity contribution is -0.143. The van der Waals surface area contributed by atoms with E-state index in [1.54, 1.807) is 0 Å². The van der Waals surface area contributed by atoms with Crippen molar-refractivity contribution in [2.75, 3.05) is 0 Å². The Bertz CT molecular complexity index is 625. The van der Waals surface area contributed by atoms with E-state index >= 15 is 0 Å². The first-order valence-corrected chi connectivity index (χ1v) is 14.9. The fourth-order valence-corrected chi connectivity index (χ4v) is 4.56. The van der Waals surface area contributed by atoms with E-state index in [4.69, 9.17) is 13.9 Å². The lowest BCUT2D eigenvalue weighted by atomic mass is 10.0. The Morgan fingerprint density at radius 1 is 0.967 bits per heavy atom. The number of rotatable bonds is 10. The third-order valence-corrected chi connectivity index (χ3v) is 10.6. The molecular formula is C26H46O3Si. The van der Waals surface area contributed by atoms with Crippen LogP contribution in [0.2, 0.25) is 18.1 Å². The zero-order valence-electron chi connectivity index (χ0n) is 21.1. The fraction of sp³-hybridized carbons (Fsp3) is 0.846. The van der Waals surface area contributed by atoms with Crippen LogP contribution in [0.15, 0.2) is 0 Å². The van der Waals surface area contributed by atoms with Gasteiger partial charge in [-0.1, -0.05) is 85.0 Å². The van der Waals surface area contributed by atoms with Gasteiger partial charge in [-0.15, -0.1) is 0 Å². The van der Waals surface area contributed by atoms with E-state index in [9.17, 15) is 0 Å². The van der Waals surface area contributed by atoms with Crippen molar-refractivity contribution in [3.63, 3.8) is 0 Å². The van der Waals surface area contributed by atoms with Gasteiger partial charge in [0, 0.05) is 0 Å². The largest absolute Gasteiger partial charge is 0.403 e. The average molecular weight is 435 g/mol. The van der Waals surface area contributed by atoms with Gasteiger partial charge in [-0.3, -0.25) is 0 Å². The van der Waals surface area contributed by atoms with Gasteiger partial charge in [0.25, 0.3) is 0 Å². The van der Waals surface area contributed by atoms with Crippen molar-refractivity contribution in [3.05, 3.63) is 0 Å². The van der Waals surface area contributed by atoms with Crippen LogP contribution in [0.25, 0.3) is 0 Å². The van der Waals surface area contributed by atoms with Crippen molar-refractivity contribution in [2.45, 2.75) is 142 Å². The highest BCUT2D eigenvalue weighted by Gasteiger charge is 2.40. The Balaban J connectivity index is 2.65. The molecule has 1 rings (SSSR count). The van der Waals surface area contributed by atoms with E-state index in [1.807, 2.05) is 13.8 Å². The first-order valence-electron chi connectivity index (χ1n) is 12.0. The molecule has 0 aliphatic carbocycles. The van der Waals surface area contributed by atoms with Crippen LogP contribution in [0, 0.1) is 23.7 Å². The molecule has 0 saturated carbocycles. The van der Waals surface area contributed by atoms with Crippen LogP contribution < -0.4 is 0 Å². The van der Waals surface area contributed by atoms with Gasteiger partial charge in [-0.25, -0.2) is 0 Å². The summed E-state index contributed by atoms with van der Waals surface area (Å²) in [7, 11) is -1.83. The van der Waals surface area contributed by atoms with Crippen molar-refractivity contribution in [1.29, 1.82) is 0 Å². The zero-order valence-corrected chi connectivity index (χ0v) is 22.1. The Morgan fingerprint density at radius 2 is 1.60 bits per heavy atom. The van der Waals surface area contributed by atoms with Gasteiger partial charge in [-0.2, -0.15) is 0 Å². The fourth-order valence-electron chi connectivity index (χ4n) is 3.27. The first-order chi connectivity index (χ1) is 13.9. The summed E-state index contributed by atoms with van der Waals surface area (Å²) in [6, 6.07) is 0. The van der Waals surface area contributed by atoms with Crippen molar-refractivity contribution in [3.8, 4) is 23.7 Å². The molecule has 0 spiro atoms. The summed E-state index contributed by atoms with van der Waals surface area (Å²) in [6.07, 6.45) is 9.31. The zero-order chi connectivity index (χ0) is 22.8. The molecule has 0 aromatic heterocycles. The quantitative estimate of drug-likeness (QED) is 0.209. The van der Waals surface area contributed by atoms with Crippen LogP contribution >= 0.6 is 0 Å². The second kappa shape index (κ2) is 12.3. The minimum Gasteiger partial charge on any atom is -0.403 e. The second-order valence-corrected chi connectivity index (χ2v) is 15.2. The molecule has 0 unspecified atom stereocenters. The van der Waals surface area contributed by atoms with Crippen LogP contribution in [-0.2, 0) is 13.9 Å². The molecule has 0 aromatic carbocycles. The highest BCUT2D eigenvalue weighted by molar-refractivity contribution is 6.74. The van der Waals surface area contributed by atoms with Gasteiger partial charge in [-0.05, 0) is 56.7 Å². The summed E-state index contributed by atoms with van der Waals surface area (Å²) >= 11 is 0. The molecule has 3 atom stereocenters. The minimum atomic E-state index is -1.83. The van der Waals surface area contributed by atoms with E-state index in [0.717, 1.165) is 19.3 Å². The van der Waals surface area contributed by atoms with Crippen LogP contribution in [0.4, 0.5) is 0 Å². The number of hydrogen-bond acceptors (Lipinski definition) is 3. The van der Waals surface area contributed by atoms with Gasteiger partial charge < -0.3 is 13.9 Å². The van der Waals surface area contributed by atoms with Crippen molar-refractivity contribution >= 4 is 8.32 Å². The lowest BCUT2D eigenvalue weighted by Gasteiger charge is -2.37. The molecular weight excluding hydrogens is 388 g/mol. The predicted molar refractivity (Wildman–Crippen MR) is 130 cm³/mol. The SMILES string of the molecule is CCCCCCCC[C@H]1OC(C)(C)O[C@@H]1C#CC#C[C@H](CC)O[Si](C)(C)C(C)(C)C. The molecule has 0 bridgehead atoms. The molecule has 0 radical (unpaired) electrons. The maximum atomic E-state index is 6.41. The van der Waals surface area contributed by atoms with Gasteiger partial charge in [0.2, 0.25) is 0 Å². The third-order valence-electron chi connectivity index (χ3n) is 6.15. The van der Waals surface area contributed by atoms with Gasteiger partial charge in [0.05, 0.1) is 6.10 Å². The van der Waals surface area contributed by atoms with Crippen molar-refractivity contribution < 1.29 is 13.9 Å². The summed E-state index contributed by atoms with van der Waals surface area (Å²) in [4.78, 5) is 0. The Morgan fingerprint density at radius 3 is 2.20 bits per heavy atom. The average Bonchev–Trinajstić information content (AvgIpc) is 2.93. The molecule has 1 heterocycles. The highest BCUT2D eigenvalue weighted by Crippen LogP contribution is 2.37. The summed E-state index contributed by atoms with van der Waals surface area (Å²) in [6.45, 7) is 19.6. The van der Waals surface area contributed by atoms with E-state index in [2.05, 4.69) is 71.4 Å². The Labute approximate surface area is 188 Å². The maximum Gasteiger partial charge on any atom is 0.193 e. The van der Waals surface area contributed by atoms with Crippen LogP contribution in [-0.4, -0.2) is 32.4 Å². The van der Waals surface area contributed by atoms with E-state index < -0.39 is 14.1 Å². The molecule has 172 valence electrons. The smallest absolute Gasteiger partial charge is 0.193 e. The molecule has 0 aromatic rings. The number of hydrogen-bond donors (Lipinski definition) is 0. The van der Waals surface area contributed by atoms with E-state index in [0.29, 0.717) is 0 Å². The van der Waals surface area contributed by atoms with Crippen molar-refractivity contribution in [1.82, 2.24) is 0 Å². The van der Waals surface area contributed by atoms with Crippen LogP contribution in [0.3, 0.4) is 0 Å². The van der Waals surface area contributed by atoms with Gasteiger partial charge in [0.1, 0.15) is 12.2 Å². The Kier molecular flexibility index (Phi) is 11.2. The molecule has 3 nitrogen and oxygen atoms in total. The lowest BCUT2D eigenvalue weighted by Crippen LogP contribution is -2.43. The Hall–Kier alpha value is -0.783. The van der Waals surface area contributed by atoms with Gasteiger partial charge >= 0.3 is 0 Å². The standard InChI is InChI=1S/C26H46O3Si/c1-10-12-13-14-15-16-20-23-24(28-26(6,7)27-23)21-18-17-19-22(11-2)29-30(8,9)25(3,4)5/h22-24H,10-16,20H2,1-9H3/t22-,23+,24+/m0/s1.